The van der Waals surface area contributed by atoms with Gasteiger partial charge in [0.1, 0.15) is 5.82 Å². The molecule has 8 nitrogen and oxygen atoms in total. The Labute approximate surface area is 160 Å². The van der Waals surface area contributed by atoms with Crippen molar-refractivity contribution < 1.29 is 27.9 Å². The van der Waals surface area contributed by atoms with Crippen molar-refractivity contribution in [1.82, 2.24) is 15.5 Å². The van der Waals surface area contributed by atoms with Crippen LogP contribution in [0.2, 0.25) is 0 Å². The average Bonchev–Trinajstić information content (AvgIpc) is 3.20. The Morgan fingerprint density at radius 2 is 1.71 bits per heavy atom. The molecule has 146 valence electrons. The Morgan fingerprint density at radius 1 is 1.07 bits per heavy atom. The highest BCUT2D eigenvalue weighted by Gasteiger charge is 2.17. The summed E-state index contributed by atoms with van der Waals surface area (Å²) >= 11 is 0. The molecule has 0 bridgehead atoms. The van der Waals surface area contributed by atoms with Crippen molar-refractivity contribution in [3.63, 3.8) is 0 Å². The molecule has 3 rings (SSSR count). The molecule has 0 spiro atoms. The fourth-order valence-electron chi connectivity index (χ4n) is 2.51. The Kier molecular flexibility index (Phi) is 5.73. The van der Waals surface area contributed by atoms with E-state index in [0.717, 1.165) is 0 Å². The first kappa shape index (κ1) is 19.2. The largest absolute Gasteiger partial charge is 0.493 e. The number of ether oxygens (including phenoxy) is 3. The van der Waals surface area contributed by atoms with Crippen molar-refractivity contribution in [2.75, 3.05) is 21.3 Å². The van der Waals surface area contributed by atoms with Crippen LogP contribution in [0, 0.1) is 5.82 Å². The number of carbonyl (C=O) groups excluding carboxylic acids is 1. The standard InChI is InChI=1S/C19H18FN3O5/c1-25-14-8-12(9-15(26-2)17(14)27-3)19(24)21-10-16-22-18(23-28-16)11-4-6-13(20)7-5-11/h4-9H,10H2,1-3H3,(H,21,24). The minimum atomic E-state index is -0.388. The summed E-state index contributed by atoms with van der Waals surface area (Å²) < 4.78 is 33.8. The lowest BCUT2D eigenvalue weighted by Crippen LogP contribution is -2.23. The predicted octanol–water partition coefficient (Wildman–Crippen LogP) is 2.83. The maximum atomic E-state index is 13.0. The number of aromatic nitrogens is 2. The zero-order chi connectivity index (χ0) is 20.1. The minimum absolute atomic E-state index is 0.0175. The first-order valence-electron chi connectivity index (χ1n) is 8.22. The van der Waals surface area contributed by atoms with Crippen LogP contribution in [0.1, 0.15) is 16.2 Å². The van der Waals surface area contributed by atoms with Crippen LogP contribution in [0.3, 0.4) is 0 Å². The van der Waals surface area contributed by atoms with E-state index in [1.807, 2.05) is 0 Å². The number of nitrogens with zero attached hydrogens (tertiary/aromatic N) is 2. The van der Waals surface area contributed by atoms with Crippen LogP contribution in [-0.2, 0) is 6.54 Å². The fourth-order valence-corrected chi connectivity index (χ4v) is 2.51. The van der Waals surface area contributed by atoms with E-state index in [1.54, 1.807) is 12.1 Å². The summed E-state index contributed by atoms with van der Waals surface area (Å²) in [7, 11) is 4.41. The molecular formula is C19H18FN3O5. The first-order valence-corrected chi connectivity index (χ1v) is 8.22. The van der Waals surface area contributed by atoms with Crippen LogP contribution in [0.15, 0.2) is 40.9 Å². The average molecular weight is 387 g/mol. The van der Waals surface area contributed by atoms with Gasteiger partial charge in [0.05, 0.1) is 27.9 Å². The summed E-state index contributed by atoms with van der Waals surface area (Å²) in [5.74, 6) is 0.886. The smallest absolute Gasteiger partial charge is 0.251 e. The van der Waals surface area contributed by atoms with Crippen LogP contribution in [-0.4, -0.2) is 37.4 Å². The molecule has 0 aliphatic carbocycles. The molecule has 0 unspecified atom stereocenters. The van der Waals surface area contributed by atoms with Gasteiger partial charge in [-0.15, -0.1) is 0 Å². The molecule has 0 aliphatic rings. The highest BCUT2D eigenvalue weighted by Crippen LogP contribution is 2.38. The Morgan fingerprint density at radius 3 is 2.29 bits per heavy atom. The van der Waals surface area contributed by atoms with Gasteiger partial charge in [0.25, 0.3) is 5.91 Å². The van der Waals surface area contributed by atoms with Gasteiger partial charge < -0.3 is 24.1 Å². The van der Waals surface area contributed by atoms with E-state index in [2.05, 4.69) is 15.5 Å². The van der Waals surface area contributed by atoms with Crippen LogP contribution < -0.4 is 19.5 Å². The number of methoxy groups -OCH3 is 3. The van der Waals surface area contributed by atoms with E-state index < -0.39 is 0 Å². The van der Waals surface area contributed by atoms with Gasteiger partial charge in [-0.25, -0.2) is 4.39 Å². The number of carbonyl (C=O) groups is 1. The highest BCUT2D eigenvalue weighted by molar-refractivity contribution is 5.95. The quantitative estimate of drug-likeness (QED) is 0.666. The topological polar surface area (TPSA) is 95.7 Å². The molecule has 2 aromatic carbocycles. The van der Waals surface area contributed by atoms with Crippen LogP contribution in [0.5, 0.6) is 17.2 Å². The second-order valence-corrected chi connectivity index (χ2v) is 5.62. The number of amides is 1. The third-order valence-electron chi connectivity index (χ3n) is 3.90. The molecule has 0 saturated carbocycles. The molecule has 28 heavy (non-hydrogen) atoms. The summed E-state index contributed by atoms with van der Waals surface area (Å²) in [6.45, 7) is 0.0175. The summed E-state index contributed by atoms with van der Waals surface area (Å²) in [5, 5.41) is 6.51. The molecule has 1 amide bonds. The van der Waals surface area contributed by atoms with Crippen LogP contribution in [0.25, 0.3) is 11.4 Å². The highest BCUT2D eigenvalue weighted by atomic mass is 19.1. The fraction of sp³-hybridized carbons (Fsp3) is 0.211. The minimum Gasteiger partial charge on any atom is -0.493 e. The molecule has 0 fully saturated rings. The van der Waals surface area contributed by atoms with Gasteiger partial charge >= 0.3 is 0 Å². The van der Waals surface area contributed by atoms with Gasteiger partial charge in [0.2, 0.25) is 17.5 Å². The van der Waals surface area contributed by atoms with Gasteiger partial charge in [-0.3, -0.25) is 4.79 Å². The van der Waals surface area contributed by atoms with Crippen molar-refractivity contribution in [3.8, 4) is 28.6 Å². The lowest BCUT2D eigenvalue weighted by atomic mass is 10.1. The lowest BCUT2D eigenvalue weighted by Gasteiger charge is -2.13. The van der Waals surface area contributed by atoms with Crippen LogP contribution >= 0.6 is 0 Å². The second-order valence-electron chi connectivity index (χ2n) is 5.62. The molecule has 1 heterocycles. The predicted molar refractivity (Wildman–Crippen MR) is 97.0 cm³/mol. The number of hydrogen-bond donors (Lipinski definition) is 1. The van der Waals surface area contributed by atoms with Gasteiger partial charge in [-0.05, 0) is 36.4 Å². The number of nitrogens with one attached hydrogen (secondary N) is 1. The van der Waals surface area contributed by atoms with Gasteiger partial charge in [-0.1, -0.05) is 5.16 Å². The van der Waals surface area contributed by atoms with Crippen LogP contribution in [0.4, 0.5) is 4.39 Å². The van der Waals surface area contributed by atoms with E-state index in [0.29, 0.717) is 34.2 Å². The van der Waals surface area contributed by atoms with Gasteiger partial charge in [0.15, 0.2) is 11.5 Å². The molecule has 0 atom stereocenters. The Balaban J connectivity index is 1.71. The molecule has 3 aromatic rings. The summed E-state index contributed by atoms with van der Waals surface area (Å²) in [4.78, 5) is 16.7. The third-order valence-corrected chi connectivity index (χ3v) is 3.90. The molecule has 9 heteroatoms. The first-order chi connectivity index (χ1) is 13.5. The van der Waals surface area contributed by atoms with E-state index in [1.165, 1.54) is 45.6 Å². The number of halogens is 1. The van der Waals surface area contributed by atoms with Crippen molar-refractivity contribution in [2.24, 2.45) is 0 Å². The van der Waals surface area contributed by atoms with Gasteiger partial charge in [-0.2, -0.15) is 4.98 Å². The number of benzene rings is 2. The molecule has 1 N–H and O–H groups in total. The Bertz CT molecular complexity index is 947. The zero-order valence-corrected chi connectivity index (χ0v) is 15.5. The maximum Gasteiger partial charge on any atom is 0.251 e. The molecule has 1 aromatic heterocycles. The molecular weight excluding hydrogens is 369 g/mol. The van der Waals surface area contributed by atoms with Crippen molar-refractivity contribution in [1.29, 1.82) is 0 Å². The number of hydrogen-bond acceptors (Lipinski definition) is 7. The number of rotatable bonds is 7. The maximum absolute atomic E-state index is 13.0. The monoisotopic (exact) mass is 387 g/mol. The summed E-state index contributed by atoms with van der Waals surface area (Å²) in [6, 6.07) is 8.76. The lowest BCUT2D eigenvalue weighted by molar-refractivity contribution is 0.0945. The normalized spacial score (nSPS) is 10.4. The summed E-state index contributed by atoms with van der Waals surface area (Å²) in [6.07, 6.45) is 0. The van der Waals surface area contributed by atoms with E-state index >= 15 is 0 Å². The SMILES string of the molecule is COc1cc(C(=O)NCc2nc(-c3ccc(F)cc3)no2)cc(OC)c1OC. The van der Waals surface area contributed by atoms with Crippen molar-refractivity contribution in [3.05, 3.63) is 53.7 Å². The van der Waals surface area contributed by atoms with E-state index in [4.69, 9.17) is 18.7 Å². The van der Waals surface area contributed by atoms with Gasteiger partial charge in [0, 0.05) is 11.1 Å². The molecule has 0 radical (unpaired) electrons. The van der Waals surface area contributed by atoms with Crippen molar-refractivity contribution >= 4 is 5.91 Å². The van der Waals surface area contributed by atoms with E-state index in [-0.39, 0.29) is 24.2 Å². The molecule has 0 aliphatic heterocycles. The third kappa shape index (κ3) is 4.03. The molecule has 0 saturated heterocycles. The van der Waals surface area contributed by atoms with Crippen molar-refractivity contribution in [2.45, 2.75) is 6.54 Å². The second kappa shape index (κ2) is 8.38. The zero-order valence-electron chi connectivity index (χ0n) is 15.5. The summed E-state index contributed by atoms with van der Waals surface area (Å²) in [5.41, 5.74) is 0.917. The Hall–Kier alpha value is -3.62. The van der Waals surface area contributed by atoms with E-state index in [9.17, 15) is 9.18 Å².